The Kier molecular flexibility index (Phi) is 5.69. The number of anilines is 1. The maximum absolute atomic E-state index is 12.2. The van der Waals surface area contributed by atoms with Crippen LogP contribution in [0.5, 0.6) is 0 Å². The van der Waals surface area contributed by atoms with Gasteiger partial charge in [-0.15, -0.1) is 11.3 Å². The van der Waals surface area contributed by atoms with Crippen molar-refractivity contribution < 1.29 is 14.3 Å². The van der Waals surface area contributed by atoms with Crippen molar-refractivity contribution in [2.75, 3.05) is 11.9 Å². The fourth-order valence-electron chi connectivity index (χ4n) is 1.77. The Morgan fingerprint density at radius 1 is 1.43 bits per heavy atom. The van der Waals surface area contributed by atoms with E-state index in [1.54, 1.807) is 6.92 Å². The molecule has 0 bridgehead atoms. The molecule has 0 aliphatic rings. The Morgan fingerprint density at radius 2 is 2.22 bits per heavy atom. The number of carbonyl (C=O) groups is 2. The quantitative estimate of drug-likeness (QED) is 0.843. The van der Waals surface area contributed by atoms with Crippen molar-refractivity contribution in [3.05, 3.63) is 29.2 Å². The molecule has 0 spiro atoms. The van der Waals surface area contributed by atoms with E-state index in [-0.39, 0.29) is 30.8 Å². The third-order valence-electron chi connectivity index (χ3n) is 2.90. The van der Waals surface area contributed by atoms with Crippen LogP contribution in [0.25, 0.3) is 0 Å². The molecule has 9 heteroatoms. The summed E-state index contributed by atoms with van der Waals surface area (Å²) < 4.78 is 6.61. The van der Waals surface area contributed by atoms with Crippen molar-refractivity contribution in [2.24, 2.45) is 0 Å². The van der Waals surface area contributed by atoms with Gasteiger partial charge < -0.3 is 10.1 Å². The second-order valence-corrected chi connectivity index (χ2v) is 5.79. The highest BCUT2D eigenvalue weighted by Crippen LogP contribution is 2.20. The van der Waals surface area contributed by atoms with Gasteiger partial charge in [-0.1, -0.05) is 0 Å². The first kappa shape index (κ1) is 16.9. The Bertz CT molecular complexity index is 680. The van der Waals surface area contributed by atoms with Gasteiger partial charge in [0.05, 0.1) is 24.4 Å². The molecule has 2 heterocycles. The van der Waals surface area contributed by atoms with E-state index in [1.807, 2.05) is 30.8 Å². The van der Waals surface area contributed by atoms with Gasteiger partial charge in [0.1, 0.15) is 5.00 Å². The molecule has 0 saturated carbocycles. The van der Waals surface area contributed by atoms with Crippen LogP contribution in [0.2, 0.25) is 0 Å². The van der Waals surface area contributed by atoms with Crippen LogP contribution < -0.4 is 10.6 Å². The molecular formula is C14H19N5O3S. The average Bonchev–Trinajstić information content (AvgIpc) is 3.14. The molecule has 0 radical (unpaired) electrons. The third-order valence-corrected chi connectivity index (χ3v) is 3.64. The normalized spacial score (nSPS) is 10.6. The molecule has 2 aromatic heterocycles. The van der Waals surface area contributed by atoms with Crippen LogP contribution in [0.4, 0.5) is 9.80 Å². The SMILES string of the molecule is CCOC(=O)Nc1scnc1C(=O)NCc1ccn(C(C)C)n1. The van der Waals surface area contributed by atoms with E-state index in [4.69, 9.17) is 4.74 Å². The van der Waals surface area contributed by atoms with Crippen molar-refractivity contribution in [2.45, 2.75) is 33.4 Å². The minimum Gasteiger partial charge on any atom is -0.450 e. The van der Waals surface area contributed by atoms with Crippen LogP contribution in [0, 0.1) is 0 Å². The molecule has 23 heavy (non-hydrogen) atoms. The Morgan fingerprint density at radius 3 is 2.87 bits per heavy atom. The molecule has 0 aromatic carbocycles. The maximum atomic E-state index is 12.2. The largest absolute Gasteiger partial charge is 0.450 e. The standard InChI is InChI=1S/C14H19N5O3S/c1-4-22-14(21)17-13-11(16-8-23-13)12(20)15-7-10-5-6-19(18-10)9(2)3/h5-6,8-9H,4,7H2,1-3H3,(H,15,20)(H,17,21). The average molecular weight is 337 g/mol. The number of nitrogens with one attached hydrogen (secondary N) is 2. The van der Waals surface area contributed by atoms with Crippen molar-refractivity contribution >= 4 is 28.3 Å². The Hall–Kier alpha value is -2.42. The van der Waals surface area contributed by atoms with Crippen molar-refractivity contribution in [1.29, 1.82) is 0 Å². The minimum atomic E-state index is -0.610. The monoisotopic (exact) mass is 337 g/mol. The number of hydrogen-bond donors (Lipinski definition) is 2. The predicted octanol–water partition coefficient (Wildman–Crippen LogP) is 2.42. The summed E-state index contributed by atoms with van der Waals surface area (Å²) in [6.45, 7) is 6.30. The number of thiazole rings is 1. The molecule has 0 atom stereocenters. The summed E-state index contributed by atoms with van der Waals surface area (Å²) in [7, 11) is 0. The van der Waals surface area contributed by atoms with Crippen LogP contribution in [-0.2, 0) is 11.3 Å². The predicted molar refractivity (Wildman–Crippen MR) is 86.5 cm³/mol. The van der Waals surface area contributed by atoms with Gasteiger partial charge in [0.2, 0.25) is 0 Å². The van der Waals surface area contributed by atoms with E-state index in [1.165, 1.54) is 5.51 Å². The van der Waals surface area contributed by atoms with Gasteiger partial charge in [0.25, 0.3) is 5.91 Å². The van der Waals surface area contributed by atoms with E-state index in [9.17, 15) is 9.59 Å². The van der Waals surface area contributed by atoms with E-state index in [2.05, 4.69) is 20.7 Å². The van der Waals surface area contributed by atoms with Crippen molar-refractivity contribution in [3.8, 4) is 0 Å². The second kappa shape index (κ2) is 7.73. The third kappa shape index (κ3) is 4.52. The lowest BCUT2D eigenvalue weighted by molar-refractivity contribution is 0.0947. The summed E-state index contributed by atoms with van der Waals surface area (Å²) in [5.41, 5.74) is 2.40. The number of amides is 2. The lowest BCUT2D eigenvalue weighted by Gasteiger charge is -2.06. The van der Waals surface area contributed by atoms with Gasteiger partial charge in [0.15, 0.2) is 5.69 Å². The molecule has 2 N–H and O–H groups in total. The first-order valence-corrected chi connectivity index (χ1v) is 8.08. The van der Waals surface area contributed by atoms with E-state index in [0.29, 0.717) is 5.00 Å². The number of aromatic nitrogens is 3. The number of rotatable bonds is 6. The summed E-state index contributed by atoms with van der Waals surface area (Å²) in [5.74, 6) is -0.378. The highest BCUT2D eigenvalue weighted by atomic mass is 32.1. The second-order valence-electron chi connectivity index (χ2n) is 4.94. The van der Waals surface area contributed by atoms with Crippen LogP contribution in [0.15, 0.2) is 17.8 Å². The zero-order valence-electron chi connectivity index (χ0n) is 13.2. The zero-order chi connectivity index (χ0) is 16.8. The zero-order valence-corrected chi connectivity index (χ0v) is 14.0. The smallest absolute Gasteiger partial charge is 0.412 e. The van der Waals surface area contributed by atoms with Crippen LogP contribution >= 0.6 is 11.3 Å². The minimum absolute atomic E-state index is 0.159. The fourth-order valence-corrected chi connectivity index (χ4v) is 2.43. The number of nitrogens with zero attached hydrogens (tertiary/aromatic N) is 3. The molecule has 0 aliphatic heterocycles. The van der Waals surface area contributed by atoms with Crippen molar-refractivity contribution in [1.82, 2.24) is 20.1 Å². The first-order chi connectivity index (χ1) is 11.0. The molecule has 0 aliphatic carbocycles. The van der Waals surface area contributed by atoms with Crippen molar-refractivity contribution in [3.63, 3.8) is 0 Å². The Labute approximate surface area is 137 Å². The molecular weight excluding hydrogens is 318 g/mol. The van der Waals surface area contributed by atoms with Crippen LogP contribution in [0.3, 0.4) is 0 Å². The molecule has 2 aromatic rings. The molecule has 2 rings (SSSR count). The van der Waals surface area contributed by atoms with E-state index >= 15 is 0 Å². The maximum Gasteiger partial charge on any atom is 0.412 e. The Balaban J connectivity index is 1.95. The first-order valence-electron chi connectivity index (χ1n) is 7.20. The summed E-state index contributed by atoms with van der Waals surface area (Å²) in [5, 5.41) is 9.95. The van der Waals surface area contributed by atoms with Gasteiger partial charge in [-0.25, -0.2) is 9.78 Å². The van der Waals surface area contributed by atoms with E-state index in [0.717, 1.165) is 17.0 Å². The summed E-state index contributed by atoms with van der Waals surface area (Å²) >= 11 is 1.16. The lowest BCUT2D eigenvalue weighted by atomic mass is 10.4. The molecule has 0 unspecified atom stereocenters. The molecule has 0 fully saturated rings. The van der Waals surface area contributed by atoms with Gasteiger partial charge >= 0.3 is 6.09 Å². The number of hydrogen-bond acceptors (Lipinski definition) is 6. The number of ether oxygens (including phenoxy) is 1. The van der Waals surface area contributed by atoms with Gasteiger partial charge in [-0.3, -0.25) is 14.8 Å². The van der Waals surface area contributed by atoms with Gasteiger partial charge in [0, 0.05) is 12.2 Å². The van der Waals surface area contributed by atoms with Gasteiger partial charge in [-0.2, -0.15) is 5.10 Å². The molecule has 124 valence electrons. The molecule has 8 nitrogen and oxygen atoms in total. The molecule has 0 saturated heterocycles. The topological polar surface area (TPSA) is 98.1 Å². The van der Waals surface area contributed by atoms with Gasteiger partial charge in [-0.05, 0) is 26.8 Å². The summed E-state index contributed by atoms with van der Waals surface area (Å²) in [6, 6.07) is 2.11. The van der Waals surface area contributed by atoms with Crippen LogP contribution in [-0.4, -0.2) is 33.4 Å². The summed E-state index contributed by atoms with van der Waals surface area (Å²) in [6.07, 6.45) is 1.25. The highest BCUT2D eigenvalue weighted by Gasteiger charge is 2.17. The highest BCUT2D eigenvalue weighted by molar-refractivity contribution is 7.14. The van der Waals surface area contributed by atoms with Crippen LogP contribution in [0.1, 0.15) is 43.0 Å². The lowest BCUT2D eigenvalue weighted by Crippen LogP contribution is -2.25. The fraction of sp³-hybridized carbons (Fsp3) is 0.429. The number of carbonyl (C=O) groups excluding carboxylic acids is 2. The summed E-state index contributed by atoms with van der Waals surface area (Å²) in [4.78, 5) is 27.6. The van der Waals surface area contributed by atoms with E-state index < -0.39 is 6.09 Å². The molecule has 2 amide bonds.